The van der Waals surface area contributed by atoms with Gasteiger partial charge in [-0.25, -0.2) is 4.98 Å². The molecular weight excluding hydrogens is 174 g/mol. The second-order valence-corrected chi connectivity index (χ2v) is 3.65. The Bertz CT molecular complexity index is 445. The lowest BCUT2D eigenvalue weighted by molar-refractivity contribution is 0.637. The molecule has 0 aliphatic rings. The topological polar surface area (TPSA) is 29.3 Å². The normalized spacial score (nSPS) is 13.4. The first-order valence-electron chi connectivity index (χ1n) is 4.83. The van der Waals surface area contributed by atoms with Crippen molar-refractivity contribution < 1.29 is 0 Å². The summed E-state index contributed by atoms with van der Waals surface area (Å²) in [5.41, 5.74) is 3.34. The number of hydrogen-bond donors (Lipinski definition) is 1. The number of imidazole rings is 1. The lowest BCUT2D eigenvalue weighted by Crippen LogP contribution is -2.12. The van der Waals surface area contributed by atoms with Crippen LogP contribution in [0.5, 0.6) is 0 Å². The molecule has 1 N–H and O–H groups in total. The Morgan fingerprint density at radius 3 is 3.00 bits per heavy atom. The molecule has 3 heteroatoms. The van der Waals surface area contributed by atoms with Gasteiger partial charge in [0.25, 0.3) is 0 Å². The minimum absolute atomic E-state index is 0.301. The van der Waals surface area contributed by atoms with Crippen LogP contribution < -0.4 is 5.32 Å². The molecule has 74 valence electrons. The minimum Gasteiger partial charge on any atom is -0.312 e. The maximum absolute atomic E-state index is 4.54. The first-order valence-corrected chi connectivity index (χ1v) is 4.83. The average Bonchev–Trinajstić information content (AvgIpc) is 2.59. The van der Waals surface area contributed by atoms with Crippen LogP contribution in [0.25, 0.3) is 5.65 Å². The molecule has 0 fully saturated rings. The van der Waals surface area contributed by atoms with Gasteiger partial charge in [-0.1, -0.05) is 0 Å². The molecule has 0 aliphatic heterocycles. The molecule has 1 atom stereocenters. The predicted molar refractivity (Wildman–Crippen MR) is 57.4 cm³/mol. The molecule has 3 nitrogen and oxygen atoms in total. The largest absolute Gasteiger partial charge is 0.312 e. The van der Waals surface area contributed by atoms with Crippen LogP contribution in [0.3, 0.4) is 0 Å². The summed E-state index contributed by atoms with van der Waals surface area (Å²) < 4.78 is 2.05. The van der Waals surface area contributed by atoms with Gasteiger partial charge in [-0.3, -0.25) is 0 Å². The van der Waals surface area contributed by atoms with Gasteiger partial charge in [0.2, 0.25) is 0 Å². The Hall–Kier alpha value is -1.35. The number of hydrogen-bond acceptors (Lipinski definition) is 2. The van der Waals surface area contributed by atoms with E-state index in [-0.39, 0.29) is 0 Å². The van der Waals surface area contributed by atoms with Gasteiger partial charge >= 0.3 is 0 Å². The third kappa shape index (κ3) is 1.51. The molecule has 0 saturated heterocycles. The maximum atomic E-state index is 4.54. The van der Waals surface area contributed by atoms with Gasteiger partial charge in [-0.15, -0.1) is 0 Å². The predicted octanol–water partition coefficient (Wildman–Crippen LogP) is 1.92. The summed E-state index contributed by atoms with van der Waals surface area (Å²) in [5, 5.41) is 3.18. The van der Waals surface area contributed by atoms with Gasteiger partial charge in [-0.2, -0.15) is 0 Å². The van der Waals surface area contributed by atoms with Gasteiger partial charge in [0.05, 0.1) is 5.69 Å². The maximum Gasteiger partial charge on any atom is 0.137 e. The van der Waals surface area contributed by atoms with Gasteiger partial charge in [0, 0.05) is 18.4 Å². The summed E-state index contributed by atoms with van der Waals surface area (Å²) in [6.07, 6.45) is 4.11. The van der Waals surface area contributed by atoms with E-state index in [1.54, 1.807) is 0 Å². The Labute approximate surface area is 83.8 Å². The highest BCUT2D eigenvalue weighted by atomic mass is 15.0. The fraction of sp³-hybridized carbons (Fsp3) is 0.364. The van der Waals surface area contributed by atoms with Crippen molar-refractivity contribution in [1.29, 1.82) is 0 Å². The third-order valence-corrected chi connectivity index (χ3v) is 2.51. The van der Waals surface area contributed by atoms with Crippen LogP contribution in [0.1, 0.15) is 24.2 Å². The van der Waals surface area contributed by atoms with E-state index in [0.717, 1.165) is 11.3 Å². The van der Waals surface area contributed by atoms with Gasteiger partial charge < -0.3 is 9.72 Å². The van der Waals surface area contributed by atoms with E-state index in [0.29, 0.717) is 6.04 Å². The van der Waals surface area contributed by atoms with Crippen LogP contribution in [-0.4, -0.2) is 16.4 Å². The summed E-state index contributed by atoms with van der Waals surface area (Å²) in [4.78, 5) is 4.54. The second-order valence-electron chi connectivity index (χ2n) is 3.65. The van der Waals surface area contributed by atoms with Crippen LogP contribution >= 0.6 is 0 Å². The van der Waals surface area contributed by atoms with Crippen molar-refractivity contribution in [2.24, 2.45) is 0 Å². The SMILES string of the molecule is CNC(C)c1cn2ccc(C)cc2n1. The Morgan fingerprint density at radius 2 is 2.29 bits per heavy atom. The minimum atomic E-state index is 0.301. The molecule has 0 aliphatic carbocycles. The Morgan fingerprint density at radius 1 is 1.50 bits per heavy atom. The summed E-state index contributed by atoms with van der Waals surface area (Å²) in [6.45, 7) is 4.19. The molecule has 0 saturated carbocycles. The number of pyridine rings is 1. The molecule has 1 unspecified atom stereocenters. The lowest BCUT2D eigenvalue weighted by Gasteiger charge is -2.03. The van der Waals surface area contributed by atoms with Crippen molar-refractivity contribution in [2.45, 2.75) is 19.9 Å². The molecule has 2 rings (SSSR count). The number of nitrogens with one attached hydrogen (secondary N) is 1. The van der Waals surface area contributed by atoms with E-state index in [1.807, 2.05) is 13.2 Å². The van der Waals surface area contributed by atoms with Crippen LogP contribution in [0.4, 0.5) is 0 Å². The molecule has 0 bridgehead atoms. The second kappa shape index (κ2) is 3.42. The molecule has 0 spiro atoms. The highest BCUT2D eigenvalue weighted by Crippen LogP contribution is 2.13. The molecule has 14 heavy (non-hydrogen) atoms. The Balaban J connectivity index is 2.51. The van der Waals surface area contributed by atoms with Crippen molar-refractivity contribution in [1.82, 2.24) is 14.7 Å². The quantitative estimate of drug-likeness (QED) is 0.782. The standard InChI is InChI=1S/C11H15N3/c1-8-4-5-14-7-10(9(2)12-3)13-11(14)6-8/h4-7,9,12H,1-3H3. The van der Waals surface area contributed by atoms with Gasteiger partial charge in [-0.05, 0) is 38.6 Å². The molecule has 0 amide bonds. The van der Waals surface area contributed by atoms with Crippen molar-refractivity contribution >= 4 is 5.65 Å². The molecule has 2 aromatic heterocycles. The van der Waals surface area contributed by atoms with E-state index in [4.69, 9.17) is 0 Å². The fourth-order valence-electron chi connectivity index (χ4n) is 1.46. The van der Waals surface area contributed by atoms with E-state index >= 15 is 0 Å². The van der Waals surface area contributed by atoms with Crippen LogP contribution in [0.2, 0.25) is 0 Å². The summed E-state index contributed by atoms with van der Waals surface area (Å²) in [5.74, 6) is 0. The lowest BCUT2D eigenvalue weighted by atomic mass is 10.3. The van der Waals surface area contributed by atoms with Crippen LogP contribution in [0.15, 0.2) is 24.5 Å². The fourth-order valence-corrected chi connectivity index (χ4v) is 1.46. The van der Waals surface area contributed by atoms with Crippen molar-refractivity contribution in [3.63, 3.8) is 0 Å². The smallest absolute Gasteiger partial charge is 0.137 e. The highest BCUT2D eigenvalue weighted by molar-refractivity contribution is 5.42. The zero-order valence-electron chi connectivity index (χ0n) is 8.78. The van der Waals surface area contributed by atoms with Gasteiger partial charge in [0.15, 0.2) is 0 Å². The highest BCUT2D eigenvalue weighted by Gasteiger charge is 2.07. The summed E-state index contributed by atoms with van der Waals surface area (Å²) in [7, 11) is 1.94. The van der Waals surface area contributed by atoms with Crippen LogP contribution in [-0.2, 0) is 0 Å². The Kier molecular flexibility index (Phi) is 2.25. The molecule has 2 heterocycles. The number of rotatable bonds is 2. The summed E-state index contributed by atoms with van der Waals surface area (Å²) >= 11 is 0. The van der Waals surface area contributed by atoms with Crippen molar-refractivity contribution in [3.05, 3.63) is 35.8 Å². The monoisotopic (exact) mass is 189 g/mol. The van der Waals surface area contributed by atoms with Crippen molar-refractivity contribution in [2.75, 3.05) is 7.05 Å². The first-order chi connectivity index (χ1) is 6.70. The number of fused-ring (bicyclic) bond motifs is 1. The summed E-state index contributed by atoms with van der Waals surface area (Å²) in [6, 6.07) is 4.48. The average molecular weight is 189 g/mol. The van der Waals surface area contributed by atoms with Crippen molar-refractivity contribution in [3.8, 4) is 0 Å². The molecule has 0 aromatic carbocycles. The number of aryl methyl sites for hydroxylation is 1. The van der Waals surface area contributed by atoms with Gasteiger partial charge in [0.1, 0.15) is 5.65 Å². The third-order valence-electron chi connectivity index (χ3n) is 2.51. The van der Waals surface area contributed by atoms with E-state index in [9.17, 15) is 0 Å². The number of nitrogens with zero attached hydrogens (tertiary/aromatic N) is 2. The molecule has 0 radical (unpaired) electrons. The zero-order chi connectivity index (χ0) is 10.1. The zero-order valence-corrected chi connectivity index (χ0v) is 8.78. The van der Waals surface area contributed by atoms with E-state index in [1.165, 1.54) is 5.56 Å². The number of aromatic nitrogens is 2. The molecule has 2 aromatic rings. The van der Waals surface area contributed by atoms with Crippen LogP contribution in [0, 0.1) is 6.92 Å². The molecular formula is C11H15N3. The first kappa shape index (κ1) is 9.21. The van der Waals surface area contributed by atoms with E-state index in [2.05, 4.69) is 46.9 Å². The van der Waals surface area contributed by atoms with E-state index < -0.39 is 0 Å².